The minimum atomic E-state index is -0.0745. The molecule has 2 aromatic rings. The molecule has 202 valence electrons. The standard InChI is InChI=1S/C33H48N2O2/c1-3-5-6-7-8-10-26-11-15-27(16-12-26)30-23-34-32(35-24-30)28-19-21-31(22-20-28)37-33(36)29-17-13-25(9-4-2)14-18-29/h19-27,29H,3-18H2,1-2H3. The summed E-state index contributed by atoms with van der Waals surface area (Å²) in [6, 6.07) is 7.66. The maximum atomic E-state index is 12.6. The molecular formula is C33H48N2O2. The summed E-state index contributed by atoms with van der Waals surface area (Å²) in [6.45, 7) is 4.53. The van der Waals surface area contributed by atoms with Gasteiger partial charge in [-0.1, -0.05) is 65.2 Å². The number of hydrogen-bond donors (Lipinski definition) is 0. The number of hydrogen-bond acceptors (Lipinski definition) is 4. The first-order valence-corrected chi connectivity index (χ1v) is 15.3. The number of carbonyl (C=O) groups excluding carboxylic acids is 1. The fraction of sp³-hybridized carbons (Fsp3) is 0.667. The number of rotatable bonds is 12. The van der Waals surface area contributed by atoms with E-state index in [9.17, 15) is 4.79 Å². The van der Waals surface area contributed by atoms with E-state index in [-0.39, 0.29) is 11.9 Å². The van der Waals surface area contributed by atoms with E-state index in [1.165, 1.54) is 82.6 Å². The van der Waals surface area contributed by atoms with Crippen LogP contribution in [-0.2, 0) is 4.79 Å². The van der Waals surface area contributed by atoms with Crippen molar-refractivity contribution in [2.75, 3.05) is 0 Å². The monoisotopic (exact) mass is 504 g/mol. The fourth-order valence-corrected chi connectivity index (χ4v) is 6.49. The SMILES string of the molecule is CCCCCCCC1CCC(c2cnc(-c3ccc(OC(=O)C4CCC(CCC)CC4)cc3)nc2)CC1. The quantitative estimate of drug-likeness (QED) is 0.164. The van der Waals surface area contributed by atoms with Crippen LogP contribution in [0.3, 0.4) is 0 Å². The number of esters is 1. The van der Waals surface area contributed by atoms with Crippen LogP contribution in [0.4, 0.5) is 0 Å². The third-order valence-corrected chi connectivity index (χ3v) is 8.91. The maximum Gasteiger partial charge on any atom is 0.314 e. The van der Waals surface area contributed by atoms with Crippen molar-refractivity contribution in [1.29, 1.82) is 0 Å². The fourth-order valence-electron chi connectivity index (χ4n) is 6.49. The highest BCUT2D eigenvalue weighted by atomic mass is 16.5. The van der Waals surface area contributed by atoms with Crippen LogP contribution in [0.5, 0.6) is 5.75 Å². The number of benzene rings is 1. The van der Waals surface area contributed by atoms with Crippen molar-refractivity contribution in [1.82, 2.24) is 9.97 Å². The number of carbonyl (C=O) groups is 1. The van der Waals surface area contributed by atoms with Crippen molar-refractivity contribution < 1.29 is 9.53 Å². The topological polar surface area (TPSA) is 52.1 Å². The van der Waals surface area contributed by atoms with Crippen molar-refractivity contribution >= 4 is 5.97 Å². The van der Waals surface area contributed by atoms with Gasteiger partial charge in [0.05, 0.1) is 5.92 Å². The molecule has 0 aliphatic heterocycles. The molecule has 4 nitrogen and oxygen atoms in total. The summed E-state index contributed by atoms with van der Waals surface area (Å²) in [5.41, 5.74) is 2.24. The molecular weight excluding hydrogens is 456 g/mol. The second kappa shape index (κ2) is 14.6. The van der Waals surface area contributed by atoms with Gasteiger partial charge in [-0.2, -0.15) is 0 Å². The molecule has 0 amide bonds. The van der Waals surface area contributed by atoms with Gasteiger partial charge in [-0.15, -0.1) is 0 Å². The molecule has 2 fully saturated rings. The zero-order valence-electron chi connectivity index (χ0n) is 23.3. The van der Waals surface area contributed by atoms with E-state index < -0.39 is 0 Å². The Morgan fingerprint density at radius 3 is 2.03 bits per heavy atom. The van der Waals surface area contributed by atoms with E-state index in [1.807, 2.05) is 36.7 Å². The third-order valence-electron chi connectivity index (χ3n) is 8.91. The zero-order valence-corrected chi connectivity index (χ0v) is 23.3. The van der Waals surface area contributed by atoms with Crippen molar-refractivity contribution in [2.45, 2.75) is 122 Å². The first-order chi connectivity index (χ1) is 18.2. The number of nitrogens with zero attached hydrogens (tertiary/aromatic N) is 2. The van der Waals surface area contributed by atoms with Crippen LogP contribution in [0.1, 0.15) is 128 Å². The number of aromatic nitrogens is 2. The lowest BCUT2D eigenvalue weighted by Gasteiger charge is -2.28. The molecule has 1 heterocycles. The largest absolute Gasteiger partial charge is 0.426 e. The second-order valence-electron chi connectivity index (χ2n) is 11.7. The minimum absolute atomic E-state index is 0.0459. The molecule has 0 saturated heterocycles. The Morgan fingerprint density at radius 1 is 0.757 bits per heavy atom. The molecule has 0 N–H and O–H groups in total. The van der Waals surface area contributed by atoms with Crippen LogP contribution in [0.2, 0.25) is 0 Å². The molecule has 4 heteroatoms. The van der Waals surface area contributed by atoms with Gasteiger partial charge >= 0.3 is 5.97 Å². The maximum absolute atomic E-state index is 12.6. The van der Waals surface area contributed by atoms with E-state index in [4.69, 9.17) is 4.74 Å². The number of ether oxygens (including phenoxy) is 1. The lowest BCUT2D eigenvalue weighted by atomic mass is 9.77. The molecule has 4 rings (SSSR count). The first kappa shape index (κ1) is 27.8. The van der Waals surface area contributed by atoms with Gasteiger partial charge in [-0.3, -0.25) is 4.79 Å². The molecule has 1 aromatic heterocycles. The van der Waals surface area contributed by atoms with Gasteiger partial charge in [-0.05, 0) is 98.9 Å². The minimum Gasteiger partial charge on any atom is -0.426 e. The Morgan fingerprint density at radius 2 is 1.38 bits per heavy atom. The van der Waals surface area contributed by atoms with Crippen LogP contribution in [0.15, 0.2) is 36.7 Å². The predicted molar refractivity (Wildman–Crippen MR) is 152 cm³/mol. The van der Waals surface area contributed by atoms with Crippen LogP contribution < -0.4 is 4.74 Å². The summed E-state index contributed by atoms with van der Waals surface area (Å²) in [5, 5.41) is 0. The highest BCUT2D eigenvalue weighted by Gasteiger charge is 2.27. The van der Waals surface area contributed by atoms with Gasteiger partial charge in [0.25, 0.3) is 0 Å². The molecule has 0 radical (unpaired) electrons. The summed E-state index contributed by atoms with van der Waals surface area (Å²) in [5.74, 6) is 3.63. The molecule has 2 aliphatic carbocycles. The zero-order chi connectivity index (χ0) is 25.9. The summed E-state index contributed by atoms with van der Waals surface area (Å²) < 4.78 is 5.71. The Balaban J connectivity index is 1.21. The molecule has 0 atom stereocenters. The third kappa shape index (κ3) is 8.38. The highest BCUT2D eigenvalue weighted by Crippen LogP contribution is 2.38. The van der Waals surface area contributed by atoms with Crippen LogP contribution >= 0.6 is 0 Å². The van der Waals surface area contributed by atoms with Gasteiger partial charge in [0.15, 0.2) is 5.82 Å². The van der Waals surface area contributed by atoms with E-state index >= 15 is 0 Å². The van der Waals surface area contributed by atoms with Crippen LogP contribution in [0, 0.1) is 17.8 Å². The highest BCUT2D eigenvalue weighted by molar-refractivity contribution is 5.75. The van der Waals surface area contributed by atoms with E-state index in [1.54, 1.807) is 0 Å². The van der Waals surface area contributed by atoms with Gasteiger partial charge in [-0.25, -0.2) is 9.97 Å². The van der Waals surface area contributed by atoms with Crippen LogP contribution in [0.25, 0.3) is 11.4 Å². The van der Waals surface area contributed by atoms with Crippen molar-refractivity contribution in [2.24, 2.45) is 17.8 Å². The lowest BCUT2D eigenvalue weighted by Crippen LogP contribution is -2.25. The van der Waals surface area contributed by atoms with Gasteiger partial charge in [0.2, 0.25) is 0 Å². The van der Waals surface area contributed by atoms with Crippen molar-refractivity contribution in [3.8, 4) is 17.1 Å². The van der Waals surface area contributed by atoms with Crippen molar-refractivity contribution in [3.05, 3.63) is 42.2 Å². The summed E-state index contributed by atoms with van der Waals surface area (Å²) in [7, 11) is 0. The molecule has 1 aromatic carbocycles. The average Bonchev–Trinajstić information content (AvgIpc) is 2.94. The van der Waals surface area contributed by atoms with E-state index in [2.05, 4.69) is 23.8 Å². The average molecular weight is 505 g/mol. The van der Waals surface area contributed by atoms with Gasteiger partial charge in [0.1, 0.15) is 5.75 Å². The summed E-state index contributed by atoms with van der Waals surface area (Å²) in [6.07, 6.45) is 24.4. The van der Waals surface area contributed by atoms with Crippen molar-refractivity contribution in [3.63, 3.8) is 0 Å². The predicted octanol–water partition coefficient (Wildman–Crippen LogP) is 9.29. The molecule has 0 unspecified atom stereocenters. The van der Waals surface area contributed by atoms with Gasteiger partial charge < -0.3 is 4.74 Å². The molecule has 2 saturated carbocycles. The van der Waals surface area contributed by atoms with Gasteiger partial charge in [0, 0.05) is 18.0 Å². The Labute approximate surface area is 225 Å². The molecule has 0 bridgehead atoms. The molecule has 37 heavy (non-hydrogen) atoms. The second-order valence-corrected chi connectivity index (χ2v) is 11.7. The Hall–Kier alpha value is -2.23. The summed E-state index contributed by atoms with van der Waals surface area (Å²) in [4.78, 5) is 22.0. The molecule has 2 aliphatic rings. The molecule has 0 spiro atoms. The summed E-state index contributed by atoms with van der Waals surface area (Å²) >= 11 is 0. The van der Waals surface area contributed by atoms with E-state index in [0.717, 1.165) is 48.9 Å². The Bertz CT molecular complexity index is 924. The first-order valence-electron chi connectivity index (χ1n) is 15.3. The lowest BCUT2D eigenvalue weighted by molar-refractivity contribution is -0.140. The normalized spacial score (nSPS) is 24.1. The number of unbranched alkanes of at least 4 members (excludes halogenated alkanes) is 4. The smallest absolute Gasteiger partial charge is 0.314 e. The Kier molecular flexibility index (Phi) is 11.0. The van der Waals surface area contributed by atoms with Crippen LogP contribution in [-0.4, -0.2) is 15.9 Å². The van der Waals surface area contributed by atoms with E-state index in [0.29, 0.717) is 11.7 Å².